The molecule has 0 bridgehead atoms. The lowest BCUT2D eigenvalue weighted by molar-refractivity contribution is 0.144. The highest BCUT2D eigenvalue weighted by molar-refractivity contribution is 5.79. The molecular formula is C25H21F2NO3. The van der Waals surface area contributed by atoms with Crippen LogP contribution in [0.15, 0.2) is 66.7 Å². The number of benzene rings is 3. The average Bonchev–Trinajstić information content (AvgIpc) is 3.09. The number of nitrogens with one attached hydrogen (secondary N) is 1. The number of carbonyl (C=O) groups is 1. The first-order valence-electron chi connectivity index (χ1n) is 9.92. The van der Waals surface area contributed by atoms with Gasteiger partial charge in [0.1, 0.15) is 18.2 Å². The summed E-state index contributed by atoms with van der Waals surface area (Å²) in [6.45, 7) is -0.352. The fraction of sp³-hybridized carbons (Fsp3) is 0.160. The fourth-order valence-corrected chi connectivity index (χ4v) is 3.86. The number of hydrogen-bond acceptors (Lipinski definition) is 3. The Hall–Kier alpha value is -3.51. The van der Waals surface area contributed by atoms with Gasteiger partial charge in [-0.2, -0.15) is 0 Å². The van der Waals surface area contributed by atoms with Crippen molar-refractivity contribution in [2.75, 3.05) is 13.2 Å². The van der Waals surface area contributed by atoms with Gasteiger partial charge in [0, 0.05) is 18.0 Å². The van der Waals surface area contributed by atoms with Crippen LogP contribution in [0.25, 0.3) is 17.2 Å². The van der Waals surface area contributed by atoms with Crippen LogP contribution in [-0.4, -0.2) is 24.4 Å². The Bertz CT molecular complexity index is 1070. The molecule has 0 unspecified atom stereocenters. The summed E-state index contributed by atoms with van der Waals surface area (Å²) < 4.78 is 32.8. The van der Waals surface area contributed by atoms with Gasteiger partial charge in [0.15, 0.2) is 0 Å². The predicted octanol–water partition coefficient (Wildman–Crippen LogP) is 5.01. The molecule has 0 saturated carbocycles. The number of alkyl carbamates (subject to hydrolysis) is 1. The summed E-state index contributed by atoms with van der Waals surface area (Å²) in [5.74, 6) is -1.65. The number of halogens is 2. The van der Waals surface area contributed by atoms with Gasteiger partial charge >= 0.3 is 6.09 Å². The highest BCUT2D eigenvalue weighted by atomic mass is 19.1. The Labute approximate surface area is 178 Å². The van der Waals surface area contributed by atoms with E-state index in [0.717, 1.165) is 34.4 Å². The van der Waals surface area contributed by atoms with E-state index < -0.39 is 24.3 Å². The van der Waals surface area contributed by atoms with E-state index in [1.54, 1.807) is 6.08 Å². The number of aliphatic hydroxyl groups is 1. The normalized spacial score (nSPS) is 12.6. The van der Waals surface area contributed by atoms with Crippen molar-refractivity contribution >= 4 is 12.2 Å². The maximum Gasteiger partial charge on any atom is 0.407 e. The Morgan fingerprint density at radius 1 is 1.00 bits per heavy atom. The van der Waals surface area contributed by atoms with Gasteiger partial charge in [-0.15, -0.1) is 0 Å². The van der Waals surface area contributed by atoms with E-state index in [1.165, 1.54) is 6.08 Å². The SMILES string of the molecule is O=C(NCC=Cc1cc(F)c(CO)c(F)c1)OCC1c2ccccc2-c2ccccc21. The lowest BCUT2D eigenvalue weighted by Crippen LogP contribution is -2.26. The molecule has 6 heteroatoms. The molecule has 3 aromatic rings. The van der Waals surface area contributed by atoms with Gasteiger partial charge in [0.05, 0.1) is 6.61 Å². The van der Waals surface area contributed by atoms with Gasteiger partial charge in [-0.25, -0.2) is 13.6 Å². The Kier molecular flexibility index (Phi) is 6.09. The van der Waals surface area contributed by atoms with Crippen LogP contribution >= 0.6 is 0 Å². The van der Waals surface area contributed by atoms with Crippen LogP contribution < -0.4 is 5.32 Å². The van der Waals surface area contributed by atoms with Gasteiger partial charge in [-0.05, 0) is 39.9 Å². The van der Waals surface area contributed by atoms with Crippen LogP contribution in [0.5, 0.6) is 0 Å². The zero-order valence-electron chi connectivity index (χ0n) is 16.6. The number of carbonyl (C=O) groups excluding carboxylic acids is 1. The summed E-state index contributed by atoms with van der Waals surface area (Å²) in [7, 11) is 0. The van der Waals surface area contributed by atoms with Crippen molar-refractivity contribution in [2.45, 2.75) is 12.5 Å². The third-order valence-electron chi connectivity index (χ3n) is 5.34. The molecule has 0 saturated heterocycles. The molecule has 0 atom stereocenters. The zero-order valence-corrected chi connectivity index (χ0v) is 16.6. The Balaban J connectivity index is 1.33. The van der Waals surface area contributed by atoms with Crippen LogP contribution in [0.4, 0.5) is 13.6 Å². The second-order valence-corrected chi connectivity index (χ2v) is 7.23. The highest BCUT2D eigenvalue weighted by Crippen LogP contribution is 2.44. The summed E-state index contributed by atoms with van der Waals surface area (Å²) in [6.07, 6.45) is 2.48. The summed E-state index contributed by atoms with van der Waals surface area (Å²) in [6, 6.07) is 18.4. The van der Waals surface area contributed by atoms with Gasteiger partial charge in [0.25, 0.3) is 0 Å². The number of fused-ring (bicyclic) bond motifs is 3. The minimum absolute atomic E-state index is 0.0234. The highest BCUT2D eigenvalue weighted by Gasteiger charge is 2.28. The van der Waals surface area contributed by atoms with Crippen LogP contribution in [-0.2, 0) is 11.3 Å². The van der Waals surface area contributed by atoms with Gasteiger partial charge in [-0.3, -0.25) is 0 Å². The van der Waals surface area contributed by atoms with E-state index in [2.05, 4.69) is 17.4 Å². The lowest BCUT2D eigenvalue weighted by Gasteiger charge is -2.14. The molecule has 0 fully saturated rings. The van der Waals surface area contributed by atoms with Crippen molar-refractivity contribution in [1.82, 2.24) is 5.32 Å². The van der Waals surface area contributed by atoms with E-state index in [-0.39, 0.29) is 24.6 Å². The Morgan fingerprint density at radius 3 is 2.16 bits per heavy atom. The monoisotopic (exact) mass is 421 g/mol. The summed E-state index contributed by atoms with van der Waals surface area (Å²) in [5.41, 5.74) is 4.50. The smallest absolute Gasteiger partial charge is 0.407 e. The van der Waals surface area contributed by atoms with Crippen molar-refractivity contribution in [3.8, 4) is 11.1 Å². The zero-order chi connectivity index (χ0) is 21.8. The minimum Gasteiger partial charge on any atom is -0.449 e. The molecule has 0 aromatic heterocycles. The topological polar surface area (TPSA) is 58.6 Å². The number of ether oxygens (including phenoxy) is 1. The molecule has 1 aliphatic rings. The molecule has 2 N–H and O–H groups in total. The fourth-order valence-electron chi connectivity index (χ4n) is 3.86. The van der Waals surface area contributed by atoms with E-state index in [9.17, 15) is 13.6 Å². The summed E-state index contributed by atoms with van der Waals surface area (Å²) in [5, 5.41) is 11.5. The number of rotatable bonds is 6. The molecule has 31 heavy (non-hydrogen) atoms. The predicted molar refractivity (Wildman–Crippen MR) is 114 cm³/mol. The molecular weight excluding hydrogens is 400 g/mol. The molecule has 0 aliphatic heterocycles. The Morgan fingerprint density at radius 2 is 1.58 bits per heavy atom. The molecule has 3 aromatic carbocycles. The quantitative estimate of drug-likeness (QED) is 0.588. The van der Waals surface area contributed by atoms with Crippen molar-refractivity contribution in [3.63, 3.8) is 0 Å². The first kappa shape index (κ1) is 20.8. The third-order valence-corrected chi connectivity index (χ3v) is 5.34. The van der Waals surface area contributed by atoms with Gasteiger partial charge in [0.2, 0.25) is 0 Å². The summed E-state index contributed by atoms with van der Waals surface area (Å²) >= 11 is 0. The number of hydrogen-bond donors (Lipinski definition) is 2. The van der Waals surface area contributed by atoms with Crippen LogP contribution in [0.1, 0.15) is 28.2 Å². The third kappa shape index (κ3) is 4.34. The molecule has 0 spiro atoms. The molecule has 0 radical (unpaired) electrons. The first-order valence-corrected chi connectivity index (χ1v) is 9.92. The molecule has 1 amide bonds. The molecule has 158 valence electrons. The average molecular weight is 421 g/mol. The second kappa shape index (κ2) is 9.10. The maximum absolute atomic E-state index is 13.7. The number of aliphatic hydroxyl groups excluding tert-OH is 1. The molecule has 4 rings (SSSR count). The first-order chi connectivity index (χ1) is 15.1. The summed E-state index contributed by atoms with van der Waals surface area (Å²) in [4.78, 5) is 12.1. The lowest BCUT2D eigenvalue weighted by atomic mass is 9.98. The molecule has 4 nitrogen and oxygen atoms in total. The molecule has 1 aliphatic carbocycles. The van der Waals surface area contributed by atoms with Crippen LogP contribution in [0, 0.1) is 11.6 Å². The van der Waals surface area contributed by atoms with Crippen LogP contribution in [0.2, 0.25) is 0 Å². The van der Waals surface area contributed by atoms with Gasteiger partial charge in [-0.1, -0.05) is 60.7 Å². The van der Waals surface area contributed by atoms with Crippen LogP contribution in [0.3, 0.4) is 0 Å². The molecule has 0 heterocycles. The van der Waals surface area contributed by atoms with Crippen molar-refractivity contribution < 1.29 is 23.4 Å². The van der Waals surface area contributed by atoms with E-state index in [1.807, 2.05) is 36.4 Å². The minimum atomic E-state index is -0.813. The number of amides is 1. The van der Waals surface area contributed by atoms with Crippen molar-refractivity contribution in [3.05, 3.63) is 101 Å². The van der Waals surface area contributed by atoms with Crippen molar-refractivity contribution in [1.29, 1.82) is 0 Å². The standard InChI is InChI=1S/C25H21F2NO3/c26-23-12-16(13-24(27)21(23)14-29)6-5-11-28-25(30)31-15-22-19-9-3-1-7-17(19)18-8-2-4-10-20(18)22/h1-10,12-13,22,29H,11,14-15H2,(H,28,30). The van der Waals surface area contributed by atoms with Gasteiger partial charge < -0.3 is 15.2 Å². The largest absolute Gasteiger partial charge is 0.449 e. The van der Waals surface area contributed by atoms with Crippen molar-refractivity contribution in [2.24, 2.45) is 0 Å². The van der Waals surface area contributed by atoms with E-state index >= 15 is 0 Å². The second-order valence-electron chi connectivity index (χ2n) is 7.23. The maximum atomic E-state index is 13.7. The van der Waals surface area contributed by atoms with E-state index in [4.69, 9.17) is 9.84 Å². The van der Waals surface area contributed by atoms with E-state index in [0.29, 0.717) is 5.56 Å².